The molecule has 158 valence electrons. The molecular weight excluding hydrogens is 376 g/mol. The van der Waals surface area contributed by atoms with E-state index in [1.807, 2.05) is 35.4 Å². The van der Waals surface area contributed by atoms with Crippen molar-refractivity contribution in [1.82, 2.24) is 14.9 Å². The van der Waals surface area contributed by atoms with E-state index < -0.39 is 0 Å². The van der Waals surface area contributed by atoms with Gasteiger partial charge >= 0.3 is 0 Å². The molecule has 1 saturated heterocycles. The SMILES string of the molecule is CC(C)Nc1cccnc1N(C)C1CCN(C(=O)c2c[nH]c3ccc(N)cc23)CC1. The molecule has 7 heteroatoms. The van der Waals surface area contributed by atoms with E-state index in [4.69, 9.17) is 5.73 Å². The normalized spacial score (nSPS) is 15.0. The predicted octanol–water partition coefficient (Wildman–Crippen LogP) is 3.71. The molecule has 1 aliphatic heterocycles. The molecule has 0 spiro atoms. The summed E-state index contributed by atoms with van der Waals surface area (Å²) in [5, 5.41) is 4.36. The molecule has 0 atom stereocenters. The van der Waals surface area contributed by atoms with Gasteiger partial charge in [-0.2, -0.15) is 0 Å². The standard InChI is InChI=1S/C23H30N6O/c1-15(2)27-21-5-4-10-25-22(21)28(3)17-8-11-29(12-9-17)23(30)19-14-26-20-7-6-16(24)13-18(19)20/h4-7,10,13-15,17,26-27H,8-9,11-12,24H2,1-3H3. The van der Waals surface area contributed by atoms with Crippen LogP contribution in [0.5, 0.6) is 0 Å². The van der Waals surface area contributed by atoms with Crippen LogP contribution in [0.2, 0.25) is 0 Å². The Labute approximate surface area is 177 Å². The number of pyridine rings is 1. The van der Waals surface area contributed by atoms with Gasteiger partial charge in [0.25, 0.3) is 5.91 Å². The lowest BCUT2D eigenvalue weighted by atomic mass is 10.0. The summed E-state index contributed by atoms with van der Waals surface area (Å²) in [5.41, 5.74) is 9.26. The van der Waals surface area contributed by atoms with Gasteiger partial charge in [-0.05, 0) is 57.0 Å². The Hall–Kier alpha value is -3.22. The Kier molecular flexibility index (Phi) is 5.53. The van der Waals surface area contributed by atoms with E-state index >= 15 is 0 Å². The molecule has 0 unspecified atom stereocenters. The van der Waals surface area contributed by atoms with E-state index in [-0.39, 0.29) is 5.91 Å². The number of benzene rings is 1. The second-order valence-electron chi connectivity index (χ2n) is 8.32. The summed E-state index contributed by atoms with van der Waals surface area (Å²) in [4.78, 5) is 25.1. The molecule has 1 aliphatic rings. The number of nitrogens with zero attached hydrogens (tertiary/aromatic N) is 3. The number of H-pyrrole nitrogens is 1. The van der Waals surface area contributed by atoms with Gasteiger partial charge in [-0.25, -0.2) is 4.98 Å². The van der Waals surface area contributed by atoms with E-state index in [0.29, 0.717) is 23.3 Å². The van der Waals surface area contributed by atoms with Crippen LogP contribution in [-0.2, 0) is 0 Å². The van der Waals surface area contributed by atoms with Gasteiger partial charge < -0.3 is 25.8 Å². The molecule has 4 rings (SSSR count). The number of likely N-dealkylation sites (tertiary alicyclic amines) is 1. The first-order chi connectivity index (χ1) is 14.4. The molecule has 3 heterocycles. The number of fused-ring (bicyclic) bond motifs is 1. The van der Waals surface area contributed by atoms with Crippen molar-refractivity contribution in [3.8, 4) is 0 Å². The number of nitrogens with two attached hydrogens (primary N) is 1. The minimum absolute atomic E-state index is 0.0629. The number of aromatic amines is 1. The smallest absolute Gasteiger partial charge is 0.256 e. The maximum Gasteiger partial charge on any atom is 0.256 e. The number of carbonyl (C=O) groups excluding carboxylic acids is 1. The van der Waals surface area contributed by atoms with Crippen LogP contribution in [0.15, 0.2) is 42.7 Å². The highest BCUT2D eigenvalue weighted by atomic mass is 16.2. The van der Waals surface area contributed by atoms with Crippen molar-refractivity contribution in [2.24, 2.45) is 0 Å². The fourth-order valence-corrected chi connectivity index (χ4v) is 4.22. The lowest BCUT2D eigenvalue weighted by Gasteiger charge is -2.38. The number of aromatic nitrogens is 2. The Morgan fingerprint density at radius 2 is 2.07 bits per heavy atom. The van der Waals surface area contributed by atoms with Crippen LogP contribution in [0.1, 0.15) is 37.0 Å². The Balaban J connectivity index is 1.45. The van der Waals surface area contributed by atoms with Crippen molar-refractivity contribution in [2.75, 3.05) is 36.1 Å². The third kappa shape index (κ3) is 3.92. The highest BCUT2D eigenvalue weighted by Gasteiger charge is 2.28. The summed E-state index contributed by atoms with van der Waals surface area (Å²) >= 11 is 0. The van der Waals surface area contributed by atoms with Gasteiger partial charge in [0.1, 0.15) is 0 Å². The summed E-state index contributed by atoms with van der Waals surface area (Å²) in [5.74, 6) is 1.02. The number of nitrogens with one attached hydrogen (secondary N) is 2. The maximum absolute atomic E-state index is 13.1. The average Bonchev–Trinajstić information content (AvgIpc) is 3.16. The molecule has 7 nitrogen and oxygen atoms in total. The zero-order chi connectivity index (χ0) is 21.3. The lowest BCUT2D eigenvalue weighted by Crippen LogP contribution is -2.46. The predicted molar refractivity (Wildman–Crippen MR) is 123 cm³/mol. The van der Waals surface area contributed by atoms with Crippen molar-refractivity contribution in [3.05, 3.63) is 48.3 Å². The molecule has 2 aromatic heterocycles. The van der Waals surface area contributed by atoms with Crippen LogP contribution in [0.4, 0.5) is 17.2 Å². The van der Waals surface area contributed by atoms with Crippen LogP contribution in [0.25, 0.3) is 10.9 Å². The molecule has 0 aliphatic carbocycles. The Morgan fingerprint density at radius 1 is 1.30 bits per heavy atom. The fraction of sp³-hybridized carbons (Fsp3) is 0.391. The molecule has 1 fully saturated rings. The molecule has 3 aromatic rings. The molecule has 1 amide bonds. The number of nitrogen functional groups attached to an aromatic ring is 1. The van der Waals surface area contributed by atoms with E-state index in [9.17, 15) is 4.79 Å². The number of hydrogen-bond acceptors (Lipinski definition) is 5. The number of carbonyl (C=O) groups is 1. The van der Waals surface area contributed by atoms with E-state index in [1.165, 1.54) is 0 Å². The molecule has 0 saturated carbocycles. The topological polar surface area (TPSA) is 90.3 Å². The second kappa shape index (κ2) is 8.26. The summed E-state index contributed by atoms with van der Waals surface area (Å²) in [6.45, 7) is 5.70. The van der Waals surface area contributed by atoms with Crippen LogP contribution in [0.3, 0.4) is 0 Å². The highest BCUT2D eigenvalue weighted by Crippen LogP contribution is 2.29. The third-order valence-corrected chi connectivity index (χ3v) is 5.80. The minimum atomic E-state index is 0.0629. The van der Waals surface area contributed by atoms with Crippen LogP contribution >= 0.6 is 0 Å². The number of amides is 1. The quantitative estimate of drug-likeness (QED) is 0.562. The summed E-state index contributed by atoms with van der Waals surface area (Å²) in [6.07, 6.45) is 5.44. The average molecular weight is 407 g/mol. The second-order valence-corrected chi connectivity index (χ2v) is 8.32. The summed E-state index contributed by atoms with van der Waals surface area (Å²) in [6, 6.07) is 10.3. The highest BCUT2D eigenvalue weighted by molar-refractivity contribution is 6.07. The third-order valence-electron chi connectivity index (χ3n) is 5.80. The van der Waals surface area contributed by atoms with Gasteiger partial charge in [0.2, 0.25) is 0 Å². The zero-order valence-electron chi connectivity index (χ0n) is 17.9. The van der Waals surface area contributed by atoms with Crippen LogP contribution in [0, 0.1) is 0 Å². The van der Waals surface area contributed by atoms with Crippen LogP contribution < -0.4 is 16.0 Å². The molecule has 0 radical (unpaired) electrons. The zero-order valence-corrected chi connectivity index (χ0v) is 17.9. The number of hydrogen-bond donors (Lipinski definition) is 3. The monoisotopic (exact) mass is 406 g/mol. The lowest BCUT2D eigenvalue weighted by molar-refractivity contribution is 0.0715. The minimum Gasteiger partial charge on any atom is -0.399 e. The molecule has 4 N–H and O–H groups in total. The van der Waals surface area contributed by atoms with E-state index in [2.05, 4.69) is 47.1 Å². The summed E-state index contributed by atoms with van der Waals surface area (Å²) in [7, 11) is 2.10. The van der Waals surface area contributed by atoms with Gasteiger partial charge in [0.15, 0.2) is 5.82 Å². The van der Waals surface area contributed by atoms with Gasteiger partial charge in [0, 0.05) is 61.2 Å². The van der Waals surface area contributed by atoms with Gasteiger partial charge in [0.05, 0.1) is 11.3 Å². The maximum atomic E-state index is 13.1. The fourth-order valence-electron chi connectivity index (χ4n) is 4.22. The molecule has 1 aromatic carbocycles. The first-order valence-corrected chi connectivity index (χ1v) is 10.5. The van der Waals surface area contributed by atoms with Crippen LogP contribution in [-0.4, -0.2) is 53.0 Å². The molecule has 0 bridgehead atoms. The number of rotatable bonds is 5. The van der Waals surface area contributed by atoms with Crippen molar-refractivity contribution < 1.29 is 4.79 Å². The van der Waals surface area contributed by atoms with E-state index in [1.54, 1.807) is 6.20 Å². The van der Waals surface area contributed by atoms with Crippen molar-refractivity contribution >= 4 is 34.0 Å². The summed E-state index contributed by atoms with van der Waals surface area (Å²) < 4.78 is 0. The Morgan fingerprint density at radius 3 is 2.80 bits per heavy atom. The first-order valence-electron chi connectivity index (χ1n) is 10.5. The van der Waals surface area contributed by atoms with Gasteiger partial charge in [-0.1, -0.05) is 0 Å². The van der Waals surface area contributed by atoms with Crippen molar-refractivity contribution in [3.63, 3.8) is 0 Å². The van der Waals surface area contributed by atoms with E-state index in [0.717, 1.165) is 48.3 Å². The van der Waals surface area contributed by atoms with Crippen molar-refractivity contribution in [1.29, 1.82) is 0 Å². The Bertz CT molecular complexity index is 1040. The first kappa shape index (κ1) is 20.1. The largest absolute Gasteiger partial charge is 0.399 e. The number of anilines is 3. The van der Waals surface area contributed by atoms with Gasteiger partial charge in [-0.15, -0.1) is 0 Å². The number of piperidine rings is 1. The van der Waals surface area contributed by atoms with Gasteiger partial charge in [-0.3, -0.25) is 4.79 Å². The molecule has 30 heavy (non-hydrogen) atoms. The molecular formula is C23H30N6O. The van der Waals surface area contributed by atoms with Crippen molar-refractivity contribution in [2.45, 2.75) is 38.8 Å².